The van der Waals surface area contributed by atoms with Crippen LogP contribution in [0.25, 0.3) is 11.2 Å². The van der Waals surface area contributed by atoms with E-state index in [-0.39, 0.29) is 29.5 Å². The predicted molar refractivity (Wildman–Crippen MR) is 85.5 cm³/mol. The Bertz CT molecular complexity index is 717. The van der Waals surface area contributed by atoms with Crippen LogP contribution in [0.5, 0.6) is 0 Å². The van der Waals surface area contributed by atoms with Crippen LogP contribution in [0.3, 0.4) is 0 Å². The molecule has 0 radical (unpaired) electrons. The molecule has 1 aliphatic heterocycles. The number of imidazole rings is 1. The van der Waals surface area contributed by atoms with Gasteiger partial charge in [0.15, 0.2) is 17.4 Å². The minimum Gasteiger partial charge on any atom is -0.394 e. The largest absolute Gasteiger partial charge is 0.394 e. The molecule has 9 nitrogen and oxygen atoms in total. The number of aliphatic hydroxyl groups excluding tert-OH is 3. The SMILES string of the molecule is CCn1cnc2c(ncn2[C@@H]2O[C@H](CO)[C@@H](O)[C@H]2O)c1=N.I. The van der Waals surface area contributed by atoms with E-state index >= 15 is 0 Å². The first-order valence-corrected chi connectivity index (χ1v) is 6.67. The molecule has 3 rings (SSSR count). The first kappa shape index (κ1) is 17.3. The van der Waals surface area contributed by atoms with Gasteiger partial charge in [0.1, 0.15) is 23.8 Å². The zero-order valence-corrected chi connectivity index (χ0v) is 14.2. The van der Waals surface area contributed by atoms with Gasteiger partial charge in [0.2, 0.25) is 0 Å². The molecule has 0 aliphatic carbocycles. The van der Waals surface area contributed by atoms with Crippen LogP contribution in [0.1, 0.15) is 13.2 Å². The second-order valence-corrected chi connectivity index (χ2v) is 4.93. The summed E-state index contributed by atoms with van der Waals surface area (Å²) in [4.78, 5) is 8.37. The fourth-order valence-electron chi connectivity index (χ4n) is 2.50. The van der Waals surface area contributed by atoms with E-state index < -0.39 is 31.1 Å². The molecule has 2 aromatic heterocycles. The first-order valence-electron chi connectivity index (χ1n) is 6.67. The fraction of sp³-hybridized carbons (Fsp3) is 0.583. The lowest BCUT2D eigenvalue weighted by Crippen LogP contribution is -2.33. The molecule has 1 fully saturated rings. The Kier molecular flexibility index (Phi) is 5.17. The maximum absolute atomic E-state index is 10.0. The number of halogens is 1. The van der Waals surface area contributed by atoms with Gasteiger partial charge in [0.05, 0.1) is 19.3 Å². The summed E-state index contributed by atoms with van der Waals surface area (Å²) in [6.07, 6.45) is -1.21. The lowest BCUT2D eigenvalue weighted by atomic mass is 10.1. The number of aliphatic hydroxyl groups is 3. The number of aromatic nitrogens is 4. The monoisotopic (exact) mass is 423 g/mol. The summed E-state index contributed by atoms with van der Waals surface area (Å²) in [7, 11) is 0. The van der Waals surface area contributed by atoms with E-state index in [4.69, 9.17) is 15.3 Å². The van der Waals surface area contributed by atoms with Crippen LogP contribution >= 0.6 is 24.0 Å². The average molecular weight is 423 g/mol. The third-order valence-corrected chi connectivity index (χ3v) is 3.73. The van der Waals surface area contributed by atoms with Crippen LogP contribution in [-0.4, -0.2) is 59.3 Å². The van der Waals surface area contributed by atoms with E-state index in [1.807, 2.05) is 6.92 Å². The molecule has 0 unspecified atom stereocenters. The highest BCUT2D eigenvalue weighted by atomic mass is 127. The molecular formula is C12H18IN5O4. The summed E-state index contributed by atoms with van der Waals surface area (Å²) in [5.41, 5.74) is 0.990. The minimum atomic E-state index is -1.20. The summed E-state index contributed by atoms with van der Waals surface area (Å²) in [5.74, 6) is 0. The van der Waals surface area contributed by atoms with Crippen molar-refractivity contribution in [2.75, 3.05) is 6.61 Å². The highest BCUT2D eigenvalue weighted by Crippen LogP contribution is 2.30. The summed E-state index contributed by atoms with van der Waals surface area (Å²) in [6, 6.07) is 0. The summed E-state index contributed by atoms with van der Waals surface area (Å²) in [5, 5.41) is 37.0. The maximum atomic E-state index is 10.0. The summed E-state index contributed by atoms with van der Waals surface area (Å²) >= 11 is 0. The lowest BCUT2D eigenvalue weighted by molar-refractivity contribution is -0.0511. The number of aryl methyl sites for hydroxylation is 1. The highest BCUT2D eigenvalue weighted by Gasteiger charge is 2.43. The lowest BCUT2D eigenvalue weighted by Gasteiger charge is -2.16. The zero-order valence-electron chi connectivity index (χ0n) is 11.8. The van der Waals surface area contributed by atoms with E-state index in [0.717, 1.165) is 0 Å². The van der Waals surface area contributed by atoms with Crippen LogP contribution in [0.4, 0.5) is 0 Å². The molecule has 3 heterocycles. The van der Waals surface area contributed by atoms with E-state index in [1.165, 1.54) is 17.2 Å². The molecule has 4 atom stereocenters. The van der Waals surface area contributed by atoms with Gasteiger partial charge in [0, 0.05) is 6.54 Å². The molecule has 4 N–H and O–H groups in total. The number of hydrogen-bond acceptors (Lipinski definition) is 7. The van der Waals surface area contributed by atoms with Gasteiger partial charge in [-0.3, -0.25) is 9.98 Å². The predicted octanol–water partition coefficient (Wildman–Crippen LogP) is -1.04. The molecular weight excluding hydrogens is 405 g/mol. The van der Waals surface area contributed by atoms with Crippen molar-refractivity contribution in [1.82, 2.24) is 19.1 Å². The van der Waals surface area contributed by atoms with Crippen molar-refractivity contribution in [2.24, 2.45) is 0 Å². The average Bonchev–Trinajstić information content (AvgIpc) is 3.03. The molecule has 10 heteroatoms. The van der Waals surface area contributed by atoms with E-state index in [0.29, 0.717) is 17.7 Å². The van der Waals surface area contributed by atoms with Gasteiger partial charge in [-0.1, -0.05) is 0 Å². The normalized spacial score (nSPS) is 28.0. The highest BCUT2D eigenvalue weighted by molar-refractivity contribution is 14.0. The molecule has 1 saturated heterocycles. The Labute approximate surface area is 142 Å². The number of ether oxygens (including phenoxy) is 1. The van der Waals surface area contributed by atoms with Crippen molar-refractivity contribution in [1.29, 1.82) is 5.41 Å². The van der Waals surface area contributed by atoms with Gasteiger partial charge in [-0.05, 0) is 6.92 Å². The Morgan fingerprint density at radius 1 is 1.27 bits per heavy atom. The molecule has 0 aromatic carbocycles. The summed E-state index contributed by atoms with van der Waals surface area (Å²) in [6.45, 7) is 2.10. The van der Waals surface area contributed by atoms with E-state index in [9.17, 15) is 10.2 Å². The van der Waals surface area contributed by atoms with Crippen molar-refractivity contribution < 1.29 is 20.1 Å². The number of nitrogens with zero attached hydrogens (tertiary/aromatic N) is 4. The smallest absolute Gasteiger partial charge is 0.167 e. The van der Waals surface area contributed by atoms with Gasteiger partial charge in [-0.25, -0.2) is 9.97 Å². The standard InChI is InChI=1S/C12H17N5O4.HI/c1-2-16-4-15-11-7(10(16)13)14-5-17(11)12-9(20)8(19)6(3-18)21-12;/h4-6,8-9,12-13,18-20H,2-3H2,1H3;1H/t6-,8-,9-,12-;/m1./s1. The Morgan fingerprint density at radius 2 is 2.00 bits per heavy atom. The number of rotatable bonds is 3. The zero-order chi connectivity index (χ0) is 15.1. The third-order valence-electron chi connectivity index (χ3n) is 3.73. The van der Waals surface area contributed by atoms with Gasteiger partial charge in [0.25, 0.3) is 0 Å². The van der Waals surface area contributed by atoms with Crippen molar-refractivity contribution >= 4 is 35.1 Å². The van der Waals surface area contributed by atoms with Crippen molar-refractivity contribution in [3.63, 3.8) is 0 Å². The second-order valence-electron chi connectivity index (χ2n) is 4.93. The molecule has 0 amide bonds. The van der Waals surface area contributed by atoms with Gasteiger partial charge in [-0.15, -0.1) is 24.0 Å². The van der Waals surface area contributed by atoms with E-state index in [2.05, 4.69) is 9.97 Å². The van der Waals surface area contributed by atoms with Crippen LogP contribution in [0.15, 0.2) is 12.7 Å². The Hall–Kier alpha value is -1.08. The van der Waals surface area contributed by atoms with Crippen molar-refractivity contribution in [3.8, 4) is 0 Å². The quantitative estimate of drug-likeness (QED) is 0.467. The number of hydrogen-bond donors (Lipinski definition) is 4. The number of fused-ring (bicyclic) bond motifs is 1. The van der Waals surface area contributed by atoms with Crippen LogP contribution < -0.4 is 5.49 Å². The molecule has 22 heavy (non-hydrogen) atoms. The van der Waals surface area contributed by atoms with E-state index in [1.54, 1.807) is 4.57 Å². The van der Waals surface area contributed by atoms with Gasteiger partial charge in [-0.2, -0.15) is 0 Å². The molecule has 0 saturated carbocycles. The molecule has 122 valence electrons. The van der Waals surface area contributed by atoms with Gasteiger partial charge >= 0.3 is 0 Å². The van der Waals surface area contributed by atoms with Crippen LogP contribution in [-0.2, 0) is 11.3 Å². The molecule has 0 bridgehead atoms. The fourth-order valence-corrected chi connectivity index (χ4v) is 2.50. The van der Waals surface area contributed by atoms with Crippen molar-refractivity contribution in [2.45, 2.75) is 38.0 Å². The van der Waals surface area contributed by atoms with Crippen LogP contribution in [0, 0.1) is 5.41 Å². The van der Waals surface area contributed by atoms with Gasteiger partial charge < -0.3 is 24.6 Å². The van der Waals surface area contributed by atoms with Crippen molar-refractivity contribution in [3.05, 3.63) is 18.1 Å². The first-order chi connectivity index (χ1) is 10.1. The Balaban J connectivity index is 0.00000176. The minimum absolute atomic E-state index is 0. The third kappa shape index (κ3) is 2.54. The molecule has 1 aliphatic rings. The molecule has 2 aromatic rings. The van der Waals surface area contributed by atoms with Crippen LogP contribution in [0.2, 0.25) is 0 Å². The molecule has 0 spiro atoms. The topological polar surface area (TPSA) is 129 Å². The summed E-state index contributed by atoms with van der Waals surface area (Å²) < 4.78 is 8.55. The second kappa shape index (κ2) is 6.58. The number of nitrogens with one attached hydrogen (secondary N) is 1. The maximum Gasteiger partial charge on any atom is 0.167 e. The Morgan fingerprint density at radius 3 is 2.59 bits per heavy atom.